The summed E-state index contributed by atoms with van der Waals surface area (Å²) in [5, 5.41) is 6.22. The van der Waals surface area contributed by atoms with E-state index < -0.39 is 0 Å². The predicted molar refractivity (Wildman–Crippen MR) is 67.3 cm³/mol. The lowest BCUT2D eigenvalue weighted by Crippen LogP contribution is -2.31. The standard InChI is InChI=1S/C13H26N2O/c1-3-15-13(16)7-8-14-10-12-6-4-5-11(2)9-12/h11-12,14H,3-10H2,1-2H3,(H,15,16). The van der Waals surface area contributed by atoms with Crippen LogP contribution in [0, 0.1) is 11.8 Å². The molecule has 0 aromatic heterocycles. The van der Waals surface area contributed by atoms with Gasteiger partial charge in [-0.1, -0.05) is 19.8 Å². The van der Waals surface area contributed by atoms with Crippen molar-refractivity contribution >= 4 is 5.91 Å². The number of hydrogen-bond donors (Lipinski definition) is 2. The average Bonchev–Trinajstić information content (AvgIpc) is 2.25. The van der Waals surface area contributed by atoms with E-state index in [9.17, 15) is 4.79 Å². The highest BCUT2D eigenvalue weighted by atomic mass is 16.1. The van der Waals surface area contributed by atoms with Gasteiger partial charge in [0.05, 0.1) is 0 Å². The summed E-state index contributed by atoms with van der Waals surface area (Å²) in [6, 6.07) is 0. The van der Waals surface area contributed by atoms with Gasteiger partial charge in [-0.25, -0.2) is 0 Å². The molecule has 0 aliphatic heterocycles. The van der Waals surface area contributed by atoms with Crippen LogP contribution in [-0.2, 0) is 4.79 Å². The Labute approximate surface area is 99.4 Å². The van der Waals surface area contributed by atoms with E-state index in [1.54, 1.807) is 0 Å². The van der Waals surface area contributed by atoms with Gasteiger partial charge in [-0.15, -0.1) is 0 Å². The van der Waals surface area contributed by atoms with Gasteiger partial charge in [-0.05, 0) is 38.1 Å². The Morgan fingerprint density at radius 1 is 1.38 bits per heavy atom. The second kappa shape index (κ2) is 7.66. The lowest BCUT2D eigenvalue weighted by molar-refractivity contribution is -0.120. The maximum atomic E-state index is 11.2. The number of nitrogens with one attached hydrogen (secondary N) is 2. The molecule has 1 aliphatic rings. The summed E-state index contributed by atoms with van der Waals surface area (Å²) in [6.45, 7) is 6.94. The largest absolute Gasteiger partial charge is 0.356 e. The van der Waals surface area contributed by atoms with Crippen molar-refractivity contribution in [2.45, 2.75) is 46.0 Å². The molecule has 16 heavy (non-hydrogen) atoms. The quantitative estimate of drug-likeness (QED) is 0.679. The molecule has 0 saturated heterocycles. The van der Waals surface area contributed by atoms with Crippen molar-refractivity contribution in [1.29, 1.82) is 0 Å². The first-order chi connectivity index (χ1) is 7.72. The van der Waals surface area contributed by atoms with Crippen molar-refractivity contribution in [3.8, 4) is 0 Å². The van der Waals surface area contributed by atoms with Gasteiger partial charge >= 0.3 is 0 Å². The minimum atomic E-state index is 0.159. The fourth-order valence-corrected chi connectivity index (χ4v) is 2.54. The zero-order valence-electron chi connectivity index (χ0n) is 10.7. The van der Waals surface area contributed by atoms with Crippen molar-refractivity contribution in [3.63, 3.8) is 0 Å². The molecule has 3 heteroatoms. The molecule has 1 rings (SSSR count). The van der Waals surface area contributed by atoms with E-state index in [-0.39, 0.29) is 5.91 Å². The molecule has 94 valence electrons. The van der Waals surface area contributed by atoms with E-state index in [1.165, 1.54) is 25.7 Å². The summed E-state index contributed by atoms with van der Waals surface area (Å²) < 4.78 is 0. The molecule has 1 aliphatic carbocycles. The van der Waals surface area contributed by atoms with Crippen molar-refractivity contribution in [2.75, 3.05) is 19.6 Å². The lowest BCUT2D eigenvalue weighted by atomic mass is 9.82. The van der Waals surface area contributed by atoms with E-state index in [2.05, 4.69) is 17.6 Å². The van der Waals surface area contributed by atoms with Gasteiger partial charge in [0, 0.05) is 19.5 Å². The number of rotatable bonds is 6. The average molecular weight is 226 g/mol. The van der Waals surface area contributed by atoms with E-state index in [0.29, 0.717) is 6.42 Å². The van der Waals surface area contributed by atoms with Crippen LogP contribution in [-0.4, -0.2) is 25.5 Å². The molecule has 2 unspecified atom stereocenters. The molecule has 2 N–H and O–H groups in total. The first-order valence-electron chi connectivity index (χ1n) is 6.69. The number of hydrogen-bond acceptors (Lipinski definition) is 2. The minimum Gasteiger partial charge on any atom is -0.356 e. The van der Waals surface area contributed by atoms with Crippen LogP contribution in [0.2, 0.25) is 0 Å². The van der Waals surface area contributed by atoms with Crippen LogP contribution >= 0.6 is 0 Å². The number of carbonyl (C=O) groups is 1. The third kappa shape index (κ3) is 5.50. The predicted octanol–water partition coefficient (Wildman–Crippen LogP) is 1.93. The Bertz CT molecular complexity index is 206. The van der Waals surface area contributed by atoms with Crippen LogP contribution in [0.1, 0.15) is 46.0 Å². The van der Waals surface area contributed by atoms with Crippen molar-refractivity contribution in [2.24, 2.45) is 11.8 Å². The Morgan fingerprint density at radius 3 is 2.88 bits per heavy atom. The fourth-order valence-electron chi connectivity index (χ4n) is 2.54. The summed E-state index contributed by atoms with van der Waals surface area (Å²) in [7, 11) is 0. The lowest BCUT2D eigenvalue weighted by Gasteiger charge is -2.26. The summed E-state index contributed by atoms with van der Waals surface area (Å²) >= 11 is 0. The molecule has 1 saturated carbocycles. The van der Waals surface area contributed by atoms with Crippen molar-refractivity contribution in [3.05, 3.63) is 0 Å². The summed E-state index contributed by atoms with van der Waals surface area (Å²) in [5.74, 6) is 1.88. The summed E-state index contributed by atoms with van der Waals surface area (Å²) in [4.78, 5) is 11.2. The molecule has 0 aromatic rings. The molecule has 2 atom stereocenters. The molecule has 0 aromatic carbocycles. The first kappa shape index (κ1) is 13.5. The SMILES string of the molecule is CCNC(=O)CCNCC1CCCC(C)C1. The van der Waals surface area contributed by atoms with Crippen LogP contribution in [0.3, 0.4) is 0 Å². The van der Waals surface area contributed by atoms with Gasteiger partial charge in [0.1, 0.15) is 0 Å². The Kier molecular flexibility index (Phi) is 6.46. The maximum absolute atomic E-state index is 11.2. The molecular weight excluding hydrogens is 200 g/mol. The van der Waals surface area contributed by atoms with E-state index in [4.69, 9.17) is 0 Å². The molecule has 1 amide bonds. The van der Waals surface area contributed by atoms with Crippen molar-refractivity contribution < 1.29 is 4.79 Å². The van der Waals surface area contributed by atoms with Crippen LogP contribution < -0.4 is 10.6 Å². The third-order valence-corrected chi connectivity index (χ3v) is 3.38. The Hall–Kier alpha value is -0.570. The van der Waals surface area contributed by atoms with Crippen molar-refractivity contribution in [1.82, 2.24) is 10.6 Å². The molecule has 0 spiro atoms. The monoisotopic (exact) mass is 226 g/mol. The number of carbonyl (C=O) groups excluding carboxylic acids is 1. The summed E-state index contributed by atoms with van der Waals surface area (Å²) in [5.41, 5.74) is 0. The molecule has 0 heterocycles. The summed E-state index contributed by atoms with van der Waals surface area (Å²) in [6.07, 6.45) is 6.10. The second-order valence-corrected chi connectivity index (χ2v) is 5.05. The van der Waals surface area contributed by atoms with Gasteiger partial charge in [0.15, 0.2) is 0 Å². The molecule has 3 nitrogen and oxygen atoms in total. The Morgan fingerprint density at radius 2 is 2.19 bits per heavy atom. The highest BCUT2D eigenvalue weighted by Crippen LogP contribution is 2.27. The van der Waals surface area contributed by atoms with E-state index in [0.717, 1.165) is 31.5 Å². The molecule has 1 fully saturated rings. The van der Waals surface area contributed by atoms with Gasteiger partial charge in [-0.3, -0.25) is 4.79 Å². The fraction of sp³-hybridized carbons (Fsp3) is 0.923. The van der Waals surface area contributed by atoms with Gasteiger partial charge in [0.25, 0.3) is 0 Å². The highest BCUT2D eigenvalue weighted by Gasteiger charge is 2.18. The zero-order valence-corrected chi connectivity index (χ0v) is 10.7. The van der Waals surface area contributed by atoms with E-state index in [1.807, 2.05) is 6.92 Å². The smallest absolute Gasteiger partial charge is 0.221 e. The minimum absolute atomic E-state index is 0.159. The maximum Gasteiger partial charge on any atom is 0.221 e. The van der Waals surface area contributed by atoms with Crippen LogP contribution in [0.15, 0.2) is 0 Å². The van der Waals surface area contributed by atoms with Crippen LogP contribution in [0.4, 0.5) is 0 Å². The second-order valence-electron chi connectivity index (χ2n) is 5.05. The van der Waals surface area contributed by atoms with E-state index >= 15 is 0 Å². The molecule has 0 radical (unpaired) electrons. The van der Waals surface area contributed by atoms with Gasteiger partial charge in [-0.2, -0.15) is 0 Å². The van der Waals surface area contributed by atoms with Crippen LogP contribution in [0.25, 0.3) is 0 Å². The van der Waals surface area contributed by atoms with Gasteiger partial charge < -0.3 is 10.6 Å². The first-order valence-corrected chi connectivity index (χ1v) is 6.69. The molecular formula is C13H26N2O. The Balaban J connectivity index is 2.00. The highest BCUT2D eigenvalue weighted by molar-refractivity contribution is 5.75. The van der Waals surface area contributed by atoms with Crippen LogP contribution in [0.5, 0.6) is 0 Å². The zero-order chi connectivity index (χ0) is 11.8. The normalized spacial score (nSPS) is 25.4. The number of amides is 1. The van der Waals surface area contributed by atoms with Gasteiger partial charge in [0.2, 0.25) is 5.91 Å². The topological polar surface area (TPSA) is 41.1 Å². The third-order valence-electron chi connectivity index (χ3n) is 3.38. The molecule has 0 bridgehead atoms.